The van der Waals surface area contributed by atoms with Crippen LogP contribution in [0.4, 0.5) is 0 Å². The van der Waals surface area contributed by atoms with Crippen molar-refractivity contribution in [2.24, 2.45) is 5.92 Å². The van der Waals surface area contributed by atoms with Crippen LogP contribution in [0.25, 0.3) is 0 Å². The Bertz CT molecular complexity index is 169. The van der Waals surface area contributed by atoms with Gasteiger partial charge in [-0.3, -0.25) is 4.79 Å². The molecule has 68 valence electrons. The highest BCUT2D eigenvalue weighted by Crippen LogP contribution is 2.17. The summed E-state index contributed by atoms with van der Waals surface area (Å²) < 4.78 is 0. The molecule has 1 heterocycles. The van der Waals surface area contributed by atoms with Gasteiger partial charge in [-0.2, -0.15) is 0 Å². The van der Waals surface area contributed by atoms with Crippen molar-refractivity contribution >= 4 is 5.91 Å². The molecule has 0 unspecified atom stereocenters. The summed E-state index contributed by atoms with van der Waals surface area (Å²) >= 11 is 0. The first kappa shape index (κ1) is 9.30. The van der Waals surface area contributed by atoms with Crippen LogP contribution in [0.5, 0.6) is 0 Å². The van der Waals surface area contributed by atoms with Crippen LogP contribution in [-0.4, -0.2) is 23.9 Å². The summed E-state index contributed by atoms with van der Waals surface area (Å²) in [7, 11) is 0. The van der Waals surface area contributed by atoms with Gasteiger partial charge in [0.05, 0.1) is 0 Å². The van der Waals surface area contributed by atoms with Gasteiger partial charge in [-0.15, -0.1) is 6.58 Å². The molecule has 0 N–H and O–H groups in total. The third-order valence-electron chi connectivity index (χ3n) is 2.53. The Morgan fingerprint density at radius 1 is 1.58 bits per heavy atom. The molecule has 0 spiro atoms. The molecule has 1 aliphatic heterocycles. The molecule has 0 radical (unpaired) electrons. The Morgan fingerprint density at radius 2 is 2.17 bits per heavy atom. The van der Waals surface area contributed by atoms with E-state index in [0.717, 1.165) is 25.9 Å². The Hall–Kier alpha value is -0.790. The van der Waals surface area contributed by atoms with E-state index in [0.29, 0.717) is 12.3 Å². The average Bonchev–Trinajstić information content (AvgIpc) is 2.17. The third kappa shape index (κ3) is 2.10. The van der Waals surface area contributed by atoms with E-state index in [9.17, 15) is 4.79 Å². The fourth-order valence-corrected chi connectivity index (χ4v) is 1.61. The number of carbonyl (C=O) groups is 1. The molecule has 0 aromatic rings. The van der Waals surface area contributed by atoms with Crippen molar-refractivity contribution in [2.45, 2.75) is 26.2 Å². The number of piperidine rings is 1. The highest BCUT2D eigenvalue weighted by molar-refractivity contribution is 5.75. The van der Waals surface area contributed by atoms with Crippen molar-refractivity contribution in [1.29, 1.82) is 0 Å². The number of nitrogens with zero attached hydrogens (tertiary/aromatic N) is 1. The Balaban J connectivity index is 2.35. The van der Waals surface area contributed by atoms with Gasteiger partial charge in [0.2, 0.25) is 5.91 Å². The number of hydrogen-bond acceptors (Lipinski definition) is 1. The fourth-order valence-electron chi connectivity index (χ4n) is 1.61. The fraction of sp³-hybridized carbons (Fsp3) is 0.700. The molecule has 0 atom stereocenters. The van der Waals surface area contributed by atoms with Gasteiger partial charge >= 0.3 is 0 Å². The second-order valence-electron chi connectivity index (χ2n) is 3.31. The van der Waals surface area contributed by atoms with Crippen LogP contribution in [-0.2, 0) is 4.79 Å². The van der Waals surface area contributed by atoms with Gasteiger partial charge in [0, 0.05) is 19.5 Å². The molecule has 2 heteroatoms. The van der Waals surface area contributed by atoms with Gasteiger partial charge in [-0.1, -0.05) is 13.0 Å². The van der Waals surface area contributed by atoms with Gasteiger partial charge < -0.3 is 4.90 Å². The molecule has 0 aliphatic carbocycles. The predicted molar refractivity (Wildman–Crippen MR) is 49.8 cm³/mol. The van der Waals surface area contributed by atoms with Gasteiger partial charge in [0.25, 0.3) is 0 Å². The molecule has 1 amide bonds. The van der Waals surface area contributed by atoms with Gasteiger partial charge in [0.15, 0.2) is 0 Å². The van der Waals surface area contributed by atoms with Crippen LogP contribution < -0.4 is 0 Å². The lowest BCUT2D eigenvalue weighted by Gasteiger charge is -2.30. The summed E-state index contributed by atoms with van der Waals surface area (Å²) in [5, 5.41) is 0. The molecule has 2 nitrogen and oxygen atoms in total. The molecular weight excluding hydrogens is 150 g/mol. The van der Waals surface area contributed by atoms with Crippen molar-refractivity contribution in [3.8, 4) is 0 Å². The maximum atomic E-state index is 11.3. The van der Waals surface area contributed by atoms with Crippen LogP contribution in [0, 0.1) is 5.92 Å². The lowest BCUT2D eigenvalue weighted by atomic mass is 9.97. The van der Waals surface area contributed by atoms with Gasteiger partial charge in [0.1, 0.15) is 0 Å². The first-order valence-corrected chi connectivity index (χ1v) is 4.68. The number of rotatable bonds is 2. The summed E-state index contributed by atoms with van der Waals surface area (Å²) in [6, 6.07) is 0. The zero-order valence-electron chi connectivity index (χ0n) is 7.75. The van der Waals surface area contributed by atoms with Crippen LogP contribution >= 0.6 is 0 Å². The minimum atomic E-state index is 0.289. The van der Waals surface area contributed by atoms with Crippen molar-refractivity contribution < 1.29 is 4.79 Å². The standard InChI is InChI=1S/C10H17NO/c1-3-9-5-7-11(8-6-9)10(12)4-2/h3,9H,1,4-8H2,2H3. The topological polar surface area (TPSA) is 20.3 Å². The highest BCUT2D eigenvalue weighted by Gasteiger charge is 2.19. The van der Waals surface area contributed by atoms with E-state index >= 15 is 0 Å². The van der Waals surface area contributed by atoms with E-state index in [2.05, 4.69) is 6.58 Å². The van der Waals surface area contributed by atoms with Crippen LogP contribution in [0.2, 0.25) is 0 Å². The van der Waals surface area contributed by atoms with E-state index in [1.165, 1.54) is 0 Å². The Kier molecular flexibility index (Phi) is 3.32. The van der Waals surface area contributed by atoms with Crippen LogP contribution in [0.3, 0.4) is 0 Å². The number of allylic oxidation sites excluding steroid dienone is 1. The maximum Gasteiger partial charge on any atom is 0.222 e. The molecule has 0 bridgehead atoms. The number of likely N-dealkylation sites (tertiary alicyclic amines) is 1. The van der Waals surface area contributed by atoms with E-state index in [1.54, 1.807) is 0 Å². The minimum Gasteiger partial charge on any atom is -0.343 e. The summed E-state index contributed by atoms with van der Waals surface area (Å²) in [6.07, 6.45) is 4.83. The Morgan fingerprint density at radius 3 is 2.58 bits per heavy atom. The lowest BCUT2D eigenvalue weighted by molar-refractivity contribution is -0.132. The number of carbonyl (C=O) groups excluding carboxylic acids is 1. The molecule has 0 saturated carbocycles. The highest BCUT2D eigenvalue weighted by atomic mass is 16.2. The number of hydrogen-bond donors (Lipinski definition) is 0. The smallest absolute Gasteiger partial charge is 0.222 e. The number of amides is 1. The summed E-state index contributed by atoms with van der Waals surface area (Å²) in [6.45, 7) is 7.53. The van der Waals surface area contributed by atoms with Gasteiger partial charge in [-0.05, 0) is 18.8 Å². The average molecular weight is 167 g/mol. The molecule has 0 aromatic carbocycles. The zero-order chi connectivity index (χ0) is 8.97. The van der Waals surface area contributed by atoms with Crippen molar-refractivity contribution in [3.63, 3.8) is 0 Å². The molecule has 0 aromatic heterocycles. The lowest BCUT2D eigenvalue weighted by Crippen LogP contribution is -2.37. The van der Waals surface area contributed by atoms with Gasteiger partial charge in [-0.25, -0.2) is 0 Å². The van der Waals surface area contributed by atoms with E-state index in [1.807, 2.05) is 17.9 Å². The van der Waals surface area contributed by atoms with Crippen LogP contribution in [0.15, 0.2) is 12.7 Å². The SMILES string of the molecule is C=CC1CCN(C(=O)CC)CC1. The largest absolute Gasteiger partial charge is 0.343 e. The molecule has 1 saturated heterocycles. The molecule has 1 rings (SSSR count). The van der Waals surface area contributed by atoms with E-state index < -0.39 is 0 Å². The molecule has 1 aliphatic rings. The van der Waals surface area contributed by atoms with Crippen molar-refractivity contribution in [2.75, 3.05) is 13.1 Å². The quantitative estimate of drug-likeness (QED) is 0.574. The molecular formula is C10H17NO. The predicted octanol–water partition coefficient (Wildman–Crippen LogP) is 1.82. The van der Waals surface area contributed by atoms with Crippen molar-refractivity contribution in [3.05, 3.63) is 12.7 Å². The monoisotopic (exact) mass is 167 g/mol. The zero-order valence-corrected chi connectivity index (χ0v) is 7.75. The van der Waals surface area contributed by atoms with E-state index in [4.69, 9.17) is 0 Å². The first-order valence-electron chi connectivity index (χ1n) is 4.68. The minimum absolute atomic E-state index is 0.289. The third-order valence-corrected chi connectivity index (χ3v) is 2.53. The first-order chi connectivity index (χ1) is 5.77. The summed E-state index contributed by atoms with van der Waals surface area (Å²) in [5.41, 5.74) is 0. The molecule has 12 heavy (non-hydrogen) atoms. The summed E-state index contributed by atoms with van der Waals surface area (Å²) in [5.74, 6) is 0.920. The van der Waals surface area contributed by atoms with Crippen LogP contribution in [0.1, 0.15) is 26.2 Å². The second-order valence-corrected chi connectivity index (χ2v) is 3.31. The molecule has 1 fully saturated rings. The van der Waals surface area contributed by atoms with E-state index in [-0.39, 0.29) is 5.91 Å². The van der Waals surface area contributed by atoms with Crippen molar-refractivity contribution in [1.82, 2.24) is 4.90 Å². The Labute approximate surface area is 74.2 Å². The maximum absolute atomic E-state index is 11.3. The summed E-state index contributed by atoms with van der Waals surface area (Å²) in [4.78, 5) is 13.2. The second kappa shape index (κ2) is 4.29. The normalized spacial score (nSPS) is 19.2.